The fourth-order valence-electron chi connectivity index (χ4n) is 4.37. The van der Waals surface area contributed by atoms with Gasteiger partial charge in [0.05, 0.1) is 7.11 Å². The number of carbonyl (C=O) groups excluding carboxylic acids is 2. The first-order valence-corrected chi connectivity index (χ1v) is 9.36. The summed E-state index contributed by atoms with van der Waals surface area (Å²) < 4.78 is 0. The second-order valence-corrected chi connectivity index (χ2v) is 7.48. The normalized spacial score (nSPS) is 22.8. The monoisotopic (exact) mass is 364 g/mol. The van der Waals surface area contributed by atoms with Gasteiger partial charge in [0.25, 0.3) is 5.91 Å². The van der Waals surface area contributed by atoms with Crippen molar-refractivity contribution in [3.63, 3.8) is 0 Å². The Bertz CT molecular complexity index is 877. The third-order valence-corrected chi connectivity index (χ3v) is 5.97. The standard InChI is InChI=1S/C22H24N2O3/c1-24(27-2)21(26)16-9-11-17(12-10-16)23-20(25)19-14-22(19)13-5-7-15-6-3-4-8-18(15)22/h3-4,6,8-12,19H,5,7,13-14H2,1-2H3,(H,23,25)/t19-,22+/m1/s1. The summed E-state index contributed by atoms with van der Waals surface area (Å²) >= 11 is 0. The van der Waals surface area contributed by atoms with Gasteiger partial charge in [0.2, 0.25) is 5.91 Å². The number of hydroxylamine groups is 2. The maximum Gasteiger partial charge on any atom is 0.277 e. The summed E-state index contributed by atoms with van der Waals surface area (Å²) in [5.41, 5.74) is 4.00. The maximum atomic E-state index is 12.8. The first-order valence-electron chi connectivity index (χ1n) is 9.36. The third kappa shape index (κ3) is 3.12. The summed E-state index contributed by atoms with van der Waals surface area (Å²) in [7, 11) is 3.01. The quantitative estimate of drug-likeness (QED) is 0.844. The van der Waals surface area contributed by atoms with Crippen LogP contribution in [0.15, 0.2) is 48.5 Å². The number of aryl methyl sites for hydroxylation is 1. The van der Waals surface area contributed by atoms with E-state index >= 15 is 0 Å². The molecule has 5 nitrogen and oxygen atoms in total. The third-order valence-electron chi connectivity index (χ3n) is 5.97. The molecular formula is C22H24N2O3. The van der Waals surface area contributed by atoms with Gasteiger partial charge >= 0.3 is 0 Å². The SMILES string of the molecule is CON(C)C(=O)c1ccc(NC(=O)[C@H]2C[C@]23CCCc2ccccc23)cc1. The summed E-state index contributed by atoms with van der Waals surface area (Å²) in [5.74, 6) is -0.130. The van der Waals surface area contributed by atoms with E-state index in [1.807, 2.05) is 0 Å². The number of anilines is 1. The van der Waals surface area contributed by atoms with Gasteiger partial charge in [-0.2, -0.15) is 0 Å². The van der Waals surface area contributed by atoms with E-state index in [2.05, 4.69) is 29.6 Å². The van der Waals surface area contributed by atoms with Crippen molar-refractivity contribution in [1.82, 2.24) is 5.06 Å². The Morgan fingerprint density at radius 2 is 1.89 bits per heavy atom. The Hall–Kier alpha value is -2.66. The fourth-order valence-corrected chi connectivity index (χ4v) is 4.37. The lowest BCUT2D eigenvalue weighted by molar-refractivity contribution is -0.117. The number of carbonyl (C=O) groups is 2. The van der Waals surface area contributed by atoms with Crippen LogP contribution in [-0.2, 0) is 21.5 Å². The zero-order valence-corrected chi connectivity index (χ0v) is 15.7. The molecule has 0 unspecified atom stereocenters. The van der Waals surface area contributed by atoms with Crippen LogP contribution in [-0.4, -0.2) is 31.0 Å². The lowest BCUT2D eigenvalue weighted by Gasteiger charge is -2.26. The number of nitrogens with zero attached hydrogens (tertiary/aromatic N) is 1. The van der Waals surface area contributed by atoms with E-state index in [9.17, 15) is 9.59 Å². The van der Waals surface area contributed by atoms with Crippen LogP contribution in [0, 0.1) is 5.92 Å². The van der Waals surface area contributed by atoms with Gasteiger partial charge in [-0.15, -0.1) is 0 Å². The van der Waals surface area contributed by atoms with Crippen LogP contribution in [0.2, 0.25) is 0 Å². The number of hydrogen-bond donors (Lipinski definition) is 1. The average molecular weight is 364 g/mol. The molecule has 2 aliphatic carbocycles. The second kappa shape index (κ2) is 6.82. The van der Waals surface area contributed by atoms with Crippen molar-refractivity contribution in [2.24, 2.45) is 5.92 Å². The van der Waals surface area contributed by atoms with Gasteiger partial charge in [-0.3, -0.25) is 14.4 Å². The fraction of sp³-hybridized carbons (Fsp3) is 0.364. The minimum absolute atomic E-state index is 0.0238. The zero-order valence-electron chi connectivity index (χ0n) is 15.7. The topological polar surface area (TPSA) is 58.6 Å². The average Bonchev–Trinajstić information content (AvgIpc) is 3.42. The van der Waals surface area contributed by atoms with Gasteiger partial charge in [0, 0.05) is 29.6 Å². The van der Waals surface area contributed by atoms with E-state index in [1.54, 1.807) is 31.3 Å². The van der Waals surface area contributed by atoms with Crippen LogP contribution in [0.3, 0.4) is 0 Å². The molecule has 2 aliphatic rings. The molecule has 27 heavy (non-hydrogen) atoms. The molecular weight excluding hydrogens is 340 g/mol. The highest BCUT2D eigenvalue weighted by Crippen LogP contribution is 2.60. The van der Waals surface area contributed by atoms with Gasteiger partial charge < -0.3 is 5.32 Å². The summed E-state index contributed by atoms with van der Waals surface area (Å²) in [6.45, 7) is 0. The van der Waals surface area contributed by atoms with Crippen molar-refractivity contribution in [2.45, 2.75) is 31.1 Å². The molecule has 0 radical (unpaired) electrons. The second-order valence-electron chi connectivity index (χ2n) is 7.48. The minimum Gasteiger partial charge on any atom is -0.326 e. The van der Waals surface area contributed by atoms with E-state index < -0.39 is 0 Å². The smallest absolute Gasteiger partial charge is 0.277 e. The zero-order chi connectivity index (χ0) is 19.0. The summed E-state index contributed by atoms with van der Waals surface area (Å²) in [6.07, 6.45) is 4.26. The highest BCUT2D eigenvalue weighted by atomic mass is 16.7. The van der Waals surface area contributed by atoms with Gasteiger partial charge in [0.15, 0.2) is 0 Å². The molecule has 2 atom stereocenters. The van der Waals surface area contributed by atoms with E-state index in [1.165, 1.54) is 23.3 Å². The number of benzene rings is 2. The molecule has 2 aromatic rings. The molecule has 1 N–H and O–H groups in total. The van der Waals surface area contributed by atoms with Crippen molar-refractivity contribution < 1.29 is 14.4 Å². The Kier molecular flexibility index (Phi) is 4.48. The number of rotatable bonds is 4. The van der Waals surface area contributed by atoms with Crippen LogP contribution in [0.25, 0.3) is 0 Å². The van der Waals surface area contributed by atoms with E-state index in [4.69, 9.17) is 4.84 Å². The summed E-state index contributed by atoms with van der Waals surface area (Å²) in [4.78, 5) is 29.8. The first kappa shape index (κ1) is 17.7. The summed E-state index contributed by atoms with van der Waals surface area (Å²) in [5, 5.41) is 4.19. The van der Waals surface area contributed by atoms with Crippen LogP contribution >= 0.6 is 0 Å². The molecule has 1 spiro atoms. The molecule has 5 heteroatoms. The predicted octanol–water partition coefficient (Wildman–Crippen LogP) is 3.55. The summed E-state index contributed by atoms with van der Waals surface area (Å²) in [6, 6.07) is 15.5. The molecule has 0 aromatic heterocycles. The van der Waals surface area contributed by atoms with E-state index in [-0.39, 0.29) is 23.1 Å². The van der Waals surface area contributed by atoms with Crippen molar-refractivity contribution in [2.75, 3.05) is 19.5 Å². The van der Waals surface area contributed by atoms with Crippen molar-refractivity contribution in [1.29, 1.82) is 0 Å². The lowest BCUT2D eigenvalue weighted by Crippen LogP contribution is -2.25. The first-order chi connectivity index (χ1) is 13.0. The molecule has 0 saturated heterocycles. The predicted molar refractivity (Wildman–Crippen MR) is 103 cm³/mol. The molecule has 2 amide bonds. The molecule has 0 heterocycles. The molecule has 1 fully saturated rings. The van der Waals surface area contributed by atoms with Crippen LogP contribution in [0.4, 0.5) is 5.69 Å². The number of hydrogen-bond acceptors (Lipinski definition) is 3. The largest absolute Gasteiger partial charge is 0.326 e. The Morgan fingerprint density at radius 3 is 2.63 bits per heavy atom. The highest BCUT2D eigenvalue weighted by Gasteiger charge is 2.60. The van der Waals surface area contributed by atoms with E-state index in [0.717, 1.165) is 25.7 Å². The number of fused-ring (bicyclic) bond motifs is 2. The maximum absolute atomic E-state index is 12.8. The molecule has 140 valence electrons. The van der Waals surface area contributed by atoms with Crippen molar-refractivity contribution in [3.05, 3.63) is 65.2 Å². The van der Waals surface area contributed by atoms with Crippen LogP contribution in [0.5, 0.6) is 0 Å². The Balaban J connectivity index is 1.45. The lowest BCUT2D eigenvalue weighted by atomic mass is 9.78. The van der Waals surface area contributed by atoms with Crippen LogP contribution in [0.1, 0.15) is 40.7 Å². The molecule has 1 saturated carbocycles. The molecule has 0 aliphatic heterocycles. The Labute approximate surface area is 159 Å². The van der Waals surface area contributed by atoms with Crippen LogP contribution < -0.4 is 5.32 Å². The van der Waals surface area contributed by atoms with Gasteiger partial charge in [-0.1, -0.05) is 24.3 Å². The van der Waals surface area contributed by atoms with Gasteiger partial charge in [-0.25, -0.2) is 5.06 Å². The van der Waals surface area contributed by atoms with Crippen molar-refractivity contribution >= 4 is 17.5 Å². The van der Waals surface area contributed by atoms with Crippen molar-refractivity contribution in [3.8, 4) is 0 Å². The molecule has 4 rings (SSSR count). The number of nitrogens with one attached hydrogen (secondary N) is 1. The van der Waals surface area contributed by atoms with E-state index in [0.29, 0.717) is 11.3 Å². The minimum atomic E-state index is -0.227. The van der Waals surface area contributed by atoms with Gasteiger partial charge in [-0.05, 0) is 61.1 Å². The molecule has 2 aromatic carbocycles. The van der Waals surface area contributed by atoms with Gasteiger partial charge in [0.1, 0.15) is 0 Å². The highest BCUT2D eigenvalue weighted by molar-refractivity contribution is 5.97. The Morgan fingerprint density at radius 1 is 1.15 bits per heavy atom. The molecule has 0 bridgehead atoms. The number of amides is 2.